The van der Waals surface area contributed by atoms with Gasteiger partial charge in [0.15, 0.2) is 12.4 Å². The van der Waals surface area contributed by atoms with Crippen LogP contribution in [-0.4, -0.2) is 5.91 Å². The summed E-state index contributed by atoms with van der Waals surface area (Å²) in [6.07, 6.45) is 3.76. The average Bonchev–Trinajstić information content (AvgIpc) is 2.47. The van der Waals surface area contributed by atoms with Crippen LogP contribution < -0.4 is 9.88 Å². The second-order valence-electron chi connectivity index (χ2n) is 4.68. The van der Waals surface area contributed by atoms with E-state index in [1.165, 1.54) is 0 Å². The van der Waals surface area contributed by atoms with Gasteiger partial charge in [0.25, 0.3) is 5.91 Å². The summed E-state index contributed by atoms with van der Waals surface area (Å²) >= 11 is 0. The number of hydrogen-bond acceptors (Lipinski definition) is 2. The van der Waals surface area contributed by atoms with Crippen LogP contribution in [0.1, 0.15) is 24.1 Å². The number of nitrogens with one attached hydrogen (secondary N) is 1. The molecule has 100 valence electrons. The standard InChI is InChI=1S/C16H15N3O/c1-12-6-8-19(9-7-12)13(2)16(20)18-15-5-3-4-14(10-15)11-17/h3-10,13H,1-2H3/p+1/t13-/m0/s1. The van der Waals surface area contributed by atoms with Crippen molar-refractivity contribution in [3.05, 3.63) is 59.9 Å². The largest absolute Gasteiger partial charge is 0.320 e. The molecule has 0 aliphatic rings. The Morgan fingerprint density at radius 3 is 2.65 bits per heavy atom. The summed E-state index contributed by atoms with van der Waals surface area (Å²) in [5.74, 6) is -0.117. The Balaban J connectivity index is 2.11. The SMILES string of the molecule is Cc1cc[n+]([C@@H](C)C(=O)Nc2cccc(C#N)c2)cc1. The maximum absolute atomic E-state index is 12.2. The van der Waals surface area contributed by atoms with Crippen LogP contribution in [0.4, 0.5) is 5.69 Å². The van der Waals surface area contributed by atoms with Gasteiger partial charge in [0.1, 0.15) is 0 Å². The van der Waals surface area contributed by atoms with Gasteiger partial charge in [-0.1, -0.05) is 6.07 Å². The molecule has 0 fully saturated rings. The Morgan fingerprint density at radius 1 is 1.30 bits per heavy atom. The third-order valence-corrected chi connectivity index (χ3v) is 3.10. The van der Waals surface area contributed by atoms with E-state index in [1.54, 1.807) is 24.3 Å². The molecule has 0 spiro atoms. The predicted octanol–water partition coefficient (Wildman–Crippen LogP) is 2.35. The summed E-state index contributed by atoms with van der Waals surface area (Å²) < 4.78 is 1.84. The Morgan fingerprint density at radius 2 is 2.00 bits per heavy atom. The second kappa shape index (κ2) is 5.98. The van der Waals surface area contributed by atoms with E-state index in [2.05, 4.69) is 11.4 Å². The Kier molecular flexibility index (Phi) is 4.11. The molecule has 0 radical (unpaired) electrons. The van der Waals surface area contributed by atoms with Crippen LogP contribution >= 0.6 is 0 Å². The highest BCUT2D eigenvalue weighted by Gasteiger charge is 2.21. The number of pyridine rings is 1. The normalized spacial score (nSPS) is 11.4. The van der Waals surface area contributed by atoms with Gasteiger partial charge >= 0.3 is 0 Å². The van der Waals surface area contributed by atoms with Crippen molar-refractivity contribution in [2.75, 3.05) is 5.32 Å². The Labute approximate surface area is 118 Å². The molecular formula is C16H16N3O+. The number of amides is 1. The van der Waals surface area contributed by atoms with Gasteiger partial charge in [0.05, 0.1) is 11.6 Å². The minimum absolute atomic E-state index is 0.117. The van der Waals surface area contributed by atoms with E-state index >= 15 is 0 Å². The van der Waals surface area contributed by atoms with Gasteiger partial charge in [0, 0.05) is 24.7 Å². The van der Waals surface area contributed by atoms with Crippen molar-refractivity contribution in [1.29, 1.82) is 5.26 Å². The van der Waals surface area contributed by atoms with E-state index in [4.69, 9.17) is 5.26 Å². The first-order valence-corrected chi connectivity index (χ1v) is 6.38. The molecule has 0 saturated heterocycles. The Bertz CT molecular complexity index is 656. The number of benzene rings is 1. The lowest BCUT2D eigenvalue weighted by atomic mass is 10.2. The van der Waals surface area contributed by atoms with Crippen LogP contribution in [0.2, 0.25) is 0 Å². The molecule has 1 amide bonds. The number of anilines is 1. The van der Waals surface area contributed by atoms with Crippen LogP contribution in [0.25, 0.3) is 0 Å². The van der Waals surface area contributed by atoms with E-state index in [-0.39, 0.29) is 11.9 Å². The van der Waals surface area contributed by atoms with Crippen molar-refractivity contribution >= 4 is 11.6 Å². The number of carbonyl (C=O) groups is 1. The molecule has 1 heterocycles. The highest BCUT2D eigenvalue weighted by atomic mass is 16.2. The van der Waals surface area contributed by atoms with Gasteiger partial charge in [-0.2, -0.15) is 9.83 Å². The third-order valence-electron chi connectivity index (χ3n) is 3.10. The topological polar surface area (TPSA) is 56.8 Å². The molecule has 1 atom stereocenters. The van der Waals surface area contributed by atoms with Crippen molar-refractivity contribution in [3.8, 4) is 6.07 Å². The molecule has 0 saturated carbocycles. The summed E-state index contributed by atoms with van der Waals surface area (Å²) in [4.78, 5) is 12.2. The van der Waals surface area contributed by atoms with Crippen molar-refractivity contribution in [3.63, 3.8) is 0 Å². The lowest BCUT2D eigenvalue weighted by Gasteiger charge is -2.09. The molecule has 4 heteroatoms. The molecule has 0 unspecified atom stereocenters. The summed E-state index contributed by atoms with van der Waals surface area (Å²) in [5.41, 5.74) is 2.31. The number of nitrogens with zero attached hydrogens (tertiary/aromatic N) is 2. The fourth-order valence-corrected chi connectivity index (χ4v) is 1.82. The number of carbonyl (C=O) groups excluding carboxylic acids is 1. The first-order valence-electron chi connectivity index (χ1n) is 6.38. The number of hydrogen-bond donors (Lipinski definition) is 1. The van der Waals surface area contributed by atoms with E-state index in [1.807, 2.05) is 42.9 Å². The van der Waals surface area contributed by atoms with E-state index < -0.39 is 0 Å². The van der Waals surface area contributed by atoms with Gasteiger partial charge in [-0.25, -0.2) is 0 Å². The summed E-state index contributed by atoms with van der Waals surface area (Å²) in [5, 5.41) is 11.7. The highest BCUT2D eigenvalue weighted by molar-refractivity contribution is 5.92. The van der Waals surface area contributed by atoms with Crippen molar-refractivity contribution in [2.45, 2.75) is 19.9 Å². The maximum atomic E-state index is 12.2. The number of aryl methyl sites for hydroxylation is 1. The van der Waals surface area contributed by atoms with Gasteiger partial charge in [-0.15, -0.1) is 0 Å². The third kappa shape index (κ3) is 3.21. The Hall–Kier alpha value is -2.67. The smallest absolute Gasteiger partial charge is 0.293 e. The molecule has 1 aromatic heterocycles. The molecule has 1 N–H and O–H groups in total. The number of rotatable bonds is 3. The summed E-state index contributed by atoms with van der Waals surface area (Å²) in [6.45, 7) is 3.83. The molecular weight excluding hydrogens is 250 g/mol. The summed E-state index contributed by atoms with van der Waals surface area (Å²) in [7, 11) is 0. The van der Waals surface area contributed by atoms with E-state index in [9.17, 15) is 4.79 Å². The quantitative estimate of drug-likeness (QED) is 0.867. The minimum atomic E-state index is -0.318. The van der Waals surface area contributed by atoms with E-state index in [0.29, 0.717) is 11.3 Å². The number of aromatic nitrogens is 1. The molecule has 4 nitrogen and oxygen atoms in total. The lowest BCUT2D eigenvalue weighted by Crippen LogP contribution is -2.43. The first kappa shape index (κ1) is 13.8. The van der Waals surface area contributed by atoms with Gasteiger partial charge < -0.3 is 5.32 Å². The molecule has 0 aliphatic carbocycles. The zero-order valence-electron chi connectivity index (χ0n) is 11.5. The predicted molar refractivity (Wildman–Crippen MR) is 75.9 cm³/mol. The number of nitriles is 1. The zero-order valence-corrected chi connectivity index (χ0v) is 11.5. The van der Waals surface area contributed by atoms with Gasteiger partial charge in [-0.3, -0.25) is 4.79 Å². The van der Waals surface area contributed by atoms with Crippen LogP contribution in [0.5, 0.6) is 0 Å². The second-order valence-corrected chi connectivity index (χ2v) is 4.68. The average molecular weight is 266 g/mol. The van der Waals surface area contributed by atoms with Crippen LogP contribution in [-0.2, 0) is 4.79 Å². The molecule has 1 aromatic carbocycles. The van der Waals surface area contributed by atoms with Gasteiger partial charge in [-0.05, 0) is 30.7 Å². The lowest BCUT2D eigenvalue weighted by molar-refractivity contribution is -0.705. The monoisotopic (exact) mass is 266 g/mol. The first-order chi connectivity index (χ1) is 9.60. The molecule has 0 aliphatic heterocycles. The molecule has 0 bridgehead atoms. The van der Waals surface area contributed by atoms with Crippen molar-refractivity contribution in [1.82, 2.24) is 0 Å². The molecule has 2 aromatic rings. The molecule has 20 heavy (non-hydrogen) atoms. The molecule has 2 rings (SSSR count). The zero-order chi connectivity index (χ0) is 14.5. The van der Waals surface area contributed by atoms with Gasteiger partial charge in [0.2, 0.25) is 6.04 Å². The van der Waals surface area contributed by atoms with E-state index in [0.717, 1.165) is 5.56 Å². The maximum Gasteiger partial charge on any atom is 0.293 e. The fraction of sp³-hybridized carbons (Fsp3) is 0.188. The van der Waals surface area contributed by atoms with Crippen molar-refractivity contribution in [2.24, 2.45) is 0 Å². The van der Waals surface area contributed by atoms with Crippen LogP contribution in [0, 0.1) is 18.3 Å². The van der Waals surface area contributed by atoms with Crippen LogP contribution in [0.15, 0.2) is 48.8 Å². The van der Waals surface area contributed by atoms with Crippen molar-refractivity contribution < 1.29 is 9.36 Å². The minimum Gasteiger partial charge on any atom is -0.320 e. The van der Waals surface area contributed by atoms with Crippen LogP contribution in [0.3, 0.4) is 0 Å². The summed E-state index contributed by atoms with van der Waals surface area (Å²) in [6, 6.07) is 12.5. The highest BCUT2D eigenvalue weighted by Crippen LogP contribution is 2.11. The fourth-order valence-electron chi connectivity index (χ4n) is 1.82.